The summed E-state index contributed by atoms with van der Waals surface area (Å²) in [6.45, 7) is 3.06. The number of halogens is 3. The fourth-order valence-electron chi connectivity index (χ4n) is 2.93. The lowest BCUT2D eigenvalue weighted by Crippen LogP contribution is -2.39. The number of likely N-dealkylation sites (tertiary alicyclic amines) is 1. The SMILES string of the molecule is CNCCC1CCN(CC(=O)Nc2ccc(C(F)(F)F)cc2)CC1. The number of nitrogens with zero attached hydrogens (tertiary/aromatic N) is 1. The number of anilines is 1. The highest BCUT2D eigenvalue weighted by Crippen LogP contribution is 2.29. The Morgan fingerprint density at radius 2 is 1.83 bits per heavy atom. The number of carbonyl (C=O) groups is 1. The quantitative estimate of drug-likeness (QED) is 0.835. The molecule has 0 atom stereocenters. The van der Waals surface area contributed by atoms with Gasteiger partial charge < -0.3 is 10.6 Å². The zero-order valence-electron chi connectivity index (χ0n) is 13.8. The summed E-state index contributed by atoms with van der Waals surface area (Å²) in [5, 5.41) is 5.81. The number of hydrogen-bond donors (Lipinski definition) is 2. The number of benzene rings is 1. The number of rotatable bonds is 6. The summed E-state index contributed by atoms with van der Waals surface area (Å²) in [5.74, 6) is 0.509. The third-order valence-electron chi connectivity index (χ3n) is 4.37. The number of amides is 1. The third-order valence-corrected chi connectivity index (χ3v) is 4.37. The van der Waals surface area contributed by atoms with Crippen LogP contribution < -0.4 is 10.6 Å². The van der Waals surface area contributed by atoms with E-state index in [9.17, 15) is 18.0 Å². The Morgan fingerprint density at radius 1 is 1.21 bits per heavy atom. The van der Waals surface area contributed by atoms with Crippen LogP contribution in [0.5, 0.6) is 0 Å². The third kappa shape index (κ3) is 5.79. The Kier molecular flexibility index (Phi) is 6.62. The molecule has 0 unspecified atom stereocenters. The van der Waals surface area contributed by atoms with Crippen molar-refractivity contribution in [2.45, 2.75) is 25.4 Å². The minimum Gasteiger partial charge on any atom is -0.325 e. The molecular weight excluding hydrogens is 319 g/mol. The first-order valence-corrected chi connectivity index (χ1v) is 8.22. The summed E-state index contributed by atoms with van der Waals surface area (Å²) < 4.78 is 37.5. The zero-order valence-corrected chi connectivity index (χ0v) is 13.8. The second kappa shape index (κ2) is 8.48. The zero-order chi connectivity index (χ0) is 17.6. The van der Waals surface area contributed by atoms with Gasteiger partial charge in [0, 0.05) is 5.69 Å². The molecular formula is C17H24F3N3O. The largest absolute Gasteiger partial charge is 0.416 e. The van der Waals surface area contributed by atoms with Crippen LogP contribution in [-0.4, -0.2) is 44.0 Å². The van der Waals surface area contributed by atoms with Crippen LogP contribution in [0.4, 0.5) is 18.9 Å². The molecule has 2 N–H and O–H groups in total. The molecule has 2 rings (SSSR count). The summed E-state index contributed by atoms with van der Waals surface area (Å²) in [7, 11) is 1.95. The molecule has 24 heavy (non-hydrogen) atoms. The van der Waals surface area contributed by atoms with E-state index in [-0.39, 0.29) is 12.5 Å². The van der Waals surface area contributed by atoms with Crippen molar-refractivity contribution in [3.05, 3.63) is 29.8 Å². The van der Waals surface area contributed by atoms with Gasteiger partial charge in [-0.15, -0.1) is 0 Å². The summed E-state index contributed by atoms with van der Waals surface area (Å²) in [6, 6.07) is 4.52. The maximum Gasteiger partial charge on any atom is 0.416 e. The number of nitrogens with one attached hydrogen (secondary N) is 2. The first-order chi connectivity index (χ1) is 11.4. The number of carbonyl (C=O) groups excluding carboxylic acids is 1. The molecule has 1 aliphatic rings. The van der Waals surface area contributed by atoms with Gasteiger partial charge >= 0.3 is 6.18 Å². The van der Waals surface area contributed by atoms with Crippen molar-refractivity contribution in [1.82, 2.24) is 10.2 Å². The standard InChI is InChI=1S/C17H24F3N3O/c1-21-9-6-13-7-10-23(11-8-13)12-16(24)22-15-4-2-14(3-5-15)17(18,19)20/h2-5,13,21H,6-12H2,1H3,(H,22,24). The van der Waals surface area contributed by atoms with Crippen molar-refractivity contribution in [2.75, 3.05) is 38.5 Å². The monoisotopic (exact) mass is 343 g/mol. The van der Waals surface area contributed by atoms with Crippen LogP contribution in [0.15, 0.2) is 24.3 Å². The average molecular weight is 343 g/mol. The van der Waals surface area contributed by atoms with Gasteiger partial charge in [0.15, 0.2) is 0 Å². The van der Waals surface area contributed by atoms with Gasteiger partial charge in [-0.05, 0) is 76.1 Å². The van der Waals surface area contributed by atoms with E-state index in [4.69, 9.17) is 0 Å². The maximum atomic E-state index is 12.5. The van der Waals surface area contributed by atoms with Crippen molar-refractivity contribution < 1.29 is 18.0 Å². The molecule has 7 heteroatoms. The Morgan fingerprint density at radius 3 is 2.38 bits per heavy atom. The highest BCUT2D eigenvalue weighted by molar-refractivity contribution is 5.92. The predicted molar refractivity (Wildman–Crippen MR) is 87.8 cm³/mol. The van der Waals surface area contributed by atoms with Crippen molar-refractivity contribution in [3.63, 3.8) is 0 Å². The van der Waals surface area contributed by atoms with Crippen LogP contribution in [0.2, 0.25) is 0 Å². The molecule has 134 valence electrons. The average Bonchev–Trinajstić information content (AvgIpc) is 2.54. The van der Waals surface area contributed by atoms with Crippen LogP contribution in [0.1, 0.15) is 24.8 Å². The van der Waals surface area contributed by atoms with E-state index in [1.807, 2.05) is 7.05 Å². The van der Waals surface area contributed by atoms with E-state index in [1.54, 1.807) is 0 Å². The molecule has 4 nitrogen and oxygen atoms in total. The van der Waals surface area contributed by atoms with E-state index in [2.05, 4.69) is 15.5 Å². The summed E-state index contributed by atoms with van der Waals surface area (Å²) in [5.41, 5.74) is -0.332. The minimum atomic E-state index is -4.36. The fourth-order valence-corrected chi connectivity index (χ4v) is 2.93. The van der Waals surface area contributed by atoms with Gasteiger partial charge in [-0.25, -0.2) is 0 Å². The highest BCUT2D eigenvalue weighted by Gasteiger charge is 2.30. The normalized spacial score (nSPS) is 17.0. The molecule has 0 spiro atoms. The van der Waals surface area contributed by atoms with Gasteiger partial charge in [0.1, 0.15) is 0 Å². The first-order valence-electron chi connectivity index (χ1n) is 8.22. The molecule has 1 saturated heterocycles. The van der Waals surface area contributed by atoms with Crippen LogP contribution in [0.3, 0.4) is 0 Å². The smallest absolute Gasteiger partial charge is 0.325 e. The van der Waals surface area contributed by atoms with Gasteiger partial charge in [-0.1, -0.05) is 0 Å². The summed E-state index contributed by atoms with van der Waals surface area (Å²) in [4.78, 5) is 14.1. The maximum absolute atomic E-state index is 12.5. The van der Waals surface area contributed by atoms with Gasteiger partial charge in [0.05, 0.1) is 12.1 Å². The van der Waals surface area contributed by atoms with Crippen LogP contribution in [0.25, 0.3) is 0 Å². The van der Waals surface area contributed by atoms with E-state index < -0.39 is 11.7 Å². The number of hydrogen-bond acceptors (Lipinski definition) is 3. The van der Waals surface area contributed by atoms with Crippen LogP contribution >= 0.6 is 0 Å². The van der Waals surface area contributed by atoms with Crippen LogP contribution in [0, 0.1) is 5.92 Å². The van der Waals surface area contributed by atoms with Gasteiger partial charge in [0.2, 0.25) is 5.91 Å². The number of piperidine rings is 1. The van der Waals surface area contributed by atoms with Crippen molar-refractivity contribution in [1.29, 1.82) is 0 Å². The van der Waals surface area contributed by atoms with Crippen molar-refractivity contribution in [2.24, 2.45) is 5.92 Å². The molecule has 0 aliphatic carbocycles. The lowest BCUT2D eigenvalue weighted by molar-refractivity contribution is -0.137. The molecule has 1 aromatic rings. The number of alkyl halides is 3. The van der Waals surface area contributed by atoms with Crippen molar-refractivity contribution in [3.8, 4) is 0 Å². The van der Waals surface area contributed by atoms with Crippen molar-refractivity contribution >= 4 is 11.6 Å². The van der Waals surface area contributed by atoms with E-state index in [0.717, 1.165) is 51.0 Å². The van der Waals surface area contributed by atoms with Gasteiger partial charge in [-0.2, -0.15) is 13.2 Å². The summed E-state index contributed by atoms with van der Waals surface area (Å²) >= 11 is 0. The Balaban J connectivity index is 1.76. The van der Waals surface area contributed by atoms with E-state index >= 15 is 0 Å². The fraction of sp³-hybridized carbons (Fsp3) is 0.588. The molecule has 0 radical (unpaired) electrons. The lowest BCUT2D eigenvalue weighted by atomic mass is 9.93. The molecule has 0 bridgehead atoms. The molecule has 1 aromatic carbocycles. The molecule has 1 amide bonds. The Hall–Kier alpha value is -1.60. The lowest BCUT2D eigenvalue weighted by Gasteiger charge is -2.31. The second-order valence-electron chi connectivity index (χ2n) is 6.24. The molecule has 1 heterocycles. The summed E-state index contributed by atoms with van der Waals surface area (Å²) in [6.07, 6.45) is -1.05. The Labute approximate surface area is 140 Å². The second-order valence-corrected chi connectivity index (χ2v) is 6.24. The first kappa shape index (κ1) is 18.7. The molecule has 0 saturated carbocycles. The Bertz CT molecular complexity index is 523. The molecule has 1 aliphatic heterocycles. The predicted octanol–water partition coefficient (Wildman–Crippen LogP) is 2.97. The van der Waals surface area contributed by atoms with Gasteiger partial charge in [-0.3, -0.25) is 9.69 Å². The topological polar surface area (TPSA) is 44.4 Å². The van der Waals surface area contributed by atoms with E-state index in [0.29, 0.717) is 11.6 Å². The van der Waals surface area contributed by atoms with Crippen LogP contribution in [-0.2, 0) is 11.0 Å². The molecule has 0 aromatic heterocycles. The van der Waals surface area contributed by atoms with E-state index in [1.165, 1.54) is 12.1 Å². The van der Waals surface area contributed by atoms with Gasteiger partial charge in [0.25, 0.3) is 0 Å². The molecule has 1 fully saturated rings. The minimum absolute atomic E-state index is 0.191. The highest BCUT2D eigenvalue weighted by atomic mass is 19.4.